The average molecular weight is 289 g/mol. The number of benzene rings is 1. The van der Waals surface area contributed by atoms with Crippen molar-refractivity contribution in [3.8, 4) is 0 Å². The minimum absolute atomic E-state index is 0.0905. The van der Waals surface area contributed by atoms with Gasteiger partial charge in [0.05, 0.1) is 6.04 Å². The summed E-state index contributed by atoms with van der Waals surface area (Å²) in [7, 11) is 0. The van der Waals surface area contributed by atoms with Crippen molar-refractivity contribution in [3.05, 3.63) is 35.9 Å². The molecule has 1 aliphatic rings. The van der Waals surface area contributed by atoms with Crippen LogP contribution in [0, 0.1) is 0 Å². The van der Waals surface area contributed by atoms with Crippen LogP contribution in [-0.2, 0) is 11.3 Å². The number of carbonyl (C=O) groups is 2. The first-order chi connectivity index (χ1) is 10.1. The van der Waals surface area contributed by atoms with Gasteiger partial charge in [-0.1, -0.05) is 37.3 Å². The number of hydrogen-bond donors (Lipinski definition) is 2. The fourth-order valence-electron chi connectivity index (χ4n) is 2.38. The highest BCUT2D eigenvalue weighted by molar-refractivity contribution is 5.81. The maximum Gasteiger partial charge on any atom is 0.315 e. The minimum Gasteiger partial charge on any atom is -0.336 e. The molecule has 2 rings (SSSR count). The van der Waals surface area contributed by atoms with Gasteiger partial charge in [0.2, 0.25) is 5.91 Å². The molecular formula is C16H23N3O2. The van der Waals surface area contributed by atoms with Gasteiger partial charge >= 0.3 is 6.03 Å². The number of amides is 3. The number of hydrogen-bond acceptors (Lipinski definition) is 2. The van der Waals surface area contributed by atoms with E-state index in [1.165, 1.54) is 0 Å². The normalized spacial score (nSPS) is 19.4. The van der Waals surface area contributed by atoms with Crippen molar-refractivity contribution >= 4 is 11.9 Å². The third kappa shape index (κ3) is 4.48. The quantitative estimate of drug-likeness (QED) is 0.869. The Morgan fingerprint density at radius 1 is 1.38 bits per heavy atom. The zero-order chi connectivity index (χ0) is 15.2. The molecule has 114 valence electrons. The molecule has 1 heterocycles. The maximum absolute atomic E-state index is 12.0. The molecule has 0 aliphatic carbocycles. The molecule has 5 nitrogen and oxygen atoms in total. The number of carbonyl (C=O) groups excluding carboxylic acids is 2. The molecule has 3 amide bonds. The number of nitrogens with zero attached hydrogens (tertiary/aromatic N) is 1. The van der Waals surface area contributed by atoms with Crippen LogP contribution in [0.5, 0.6) is 0 Å². The Bertz CT molecular complexity index is 490. The first kappa shape index (κ1) is 15.4. The van der Waals surface area contributed by atoms with E-state index >= 15 is 0 Å². The first-order valence-electron chi connectivity index (χ1n) is 7.47. The lowest BCUT2D eigenvalue weighted by molar-refractivity contribution is -0.128. The molecule has 5 heteroatoms. The van der Waals surface area contributed by atoms with Crippen molar-refractivity contribution in [2.45, 2.75) is 45.3 Å². The topological polar surface area (TPSA) is 61.4 Å². The third-order valence-corrected chi connectivity index (χ3v) is 3.76. The summed E-state index contributed by atoms with van der Waals surface area (Å²) >= 11 is 0. The first-order valence-corrected chi connectivity index (χ1v) is 7.47. The van der Waals surface area contributed by atoms with E-state index < -0.39 is 0 Å². The monoisotopic (exact) mass is 289 g/mol. The van der Waals surface area contributed by atoms with E-state index in [0.29, 0.717) is 19.5 Å². The SMILES string of the molecule is CCC(C)NC(=O)NC1CC(=O)N(Cc2ccccc2)C1. The Labute approximate surface area is 125 Å². The number of rotatable bonds is 5. The summed E-state index contributed by atoms with van der Waals surface area (Å²) in [6, 6.07) is 9.74. The van der Waals surface area contributed by atoms with Gasteiger partial charge in [0.15, 0.2) is 0 Å². The fourth-order valence-corrected chi connectivity index (χ4v) is 2.38. The van der Waals surface area contributed by atoms with E-state index in [9.17, 15) is 9.59 Å². The molecule has 1 aromatic carbocycles. The highest BCUT2D eigenvalue weighted by atomic mass is 16.2. The van der Waals surface area contributed by atoms with E-state index in [1.54, 1.807) is 4.90 Å². The van der Waals surface area contributed by atoms with Crippen molar-refractivity contribution in [2.24, 2.45) is 0 Å². The molecule has 0 bridgehead atoms. The molecule has 0 aromatic heterocycles. The van der Waals surface area contributed by atoms with Crippen LogP contribution in [0.25, 0.3) is 0 Å². The van der Waals surface area contributed by atoms with Gasteiger partial charge in [-0.3, -0.25) is 4.79 Å². The second kappa shape index (κ2) is 7.11. The minimum atomic E-state index is -0.191. The van der Waals surface area contributed by atoms with Gasteiger partial charge < -0.3 is 15.5 Å². The van der Waals surface area contributed by atoms with Crippen molar-refractivity contribution in [3.63, 3.8) is 0 Å². The van der Waals surface area contributed by atoms with Crippen LogP contribution in [0.15, 0.2) is 30.3 Å². The Kier molecular flexibility index (Phi) is 5.20. The second-order valence-corrected chi connectivity index (χ2v) is 5.59. The number of likely N-dealkylation sites (tertiary alicyclic amines) is 1. The summed E-state index contributed by atoms with van der Waals surface area (Å²) in [6.45, 7) is 5.15. The summed E-state index contributed by atoms with van der Waals surface area (Å²) in [4.78, 5) is 25.6. The Balaban J connectivity index is 1.83. The predicted octanol–water partition coefficient (Wildman–Crippen LogP) is 1.89. The molecule has 2 unspecified atom stereocenters. The lowest BCUT2D eigenvalue weighted by atomic mass is 10.2. The van der Waals surface area contributed by atoms with Gasteiger partial charge in [0.25, 0.3) is 0 Å². The van der Waals surface area contributed by atoms with E-state index in [1.807, 2.05) is 44.2 Å². The Morgan fingerprint density at radius 2 is 2.10 bits per heavy atom. The lowest BCUT2D eigenvalue weighted by Crippen LogP contribution is -2.46. The van der Waals surface area contributed by atoms with E-state index in [0.717, 1.165) is 12.0 Å². The van der Waals surface area contributed by atoms with E-state index in [4.69, 9.17) is 0 Å². The maximum atomic E-state index is 12.0. The third-order valence-electron chi connectivity index (χ3n) is 3.76. The zero-order valence-electron chi connectivity index (χ0n) is 12.6. The molecule has 1 saturated heterocycles. The number of urea groups is 1. The molecule has 2 N–H and O–H groups in total. The van der Waals surface area contributed by atoms with E-state index in [-0.39, 0.29) is 24.0 Å². The summed E-state index contributed by atoms with van der Waals surface area (Å²) < 4.78 is 0. The summed E-state index contributed by atoms with van der Waals surface area (Å²) in [5.41, 5.74) is 1.11. The fraction of sp³-hybridized carbons (Fsp3) is 0.500. The summed E-state index contributed by atoms with van der Waals surface area (Å²) in [5.74, 6) is 0.0905. The van der Waals surface area contributed by atoms with Crippen LogP contribution >= 0.6 is 0 Å². The molecular weight excluding hydrogens is 266 g/mol. The smallest absolute Gasteiger partial charge is 0.315 e. The van der Waals surface area contributed by atoms with Crippen molar-refractivity contribution in [1.82, 2.24) is 15.5 Å². The molecule has 1 aromatic rings. The zero-order valence-corrected chi connectivity index (χ0v) is 12.6. The van der Waals surface area contributed by atoms with Gasteiger partial charge in [-0.25, -0.2) is 4.79 Å². The van der Waals surface area contributed by atoms with Gasteiger partial charge in [0, 0.05) is 25.6 Å². The highest BCUT2D eigenvalue weighted by Crippen LogP contribution is 2.15. The van der Waals surface area contributed by atoms with Crippen LogP contribution in [0.1, 0.15) is 32.3 Å². The molecule has 1 aliphatic heterocycles. The number of nitrogens with one attached hydrogen (secondary N) is 2. The largest absolute Gasteiger partial charge is 0.336 e. The standard InChI is InChI=1S/C16H23N3O2/c1-3-12(2)17-16(21)18-14-9-15(20)19(11-14)10-13-7-5-4-6-8-13/h4-8,12,14H,3,9-11H2,1-2H3,(H2,17,18,21). The molecule has 21 heavy (non-hydrogen) atoms. The Morgan fingerprint density at radius 3 is 2.76 bits per heavy atom. The van der Waals surface area contributed by atoms with Crippen LogP contribution in [0.3, 0.4) is 0 Å². The van der Waals surface area contributed by atoms with Crippen molar-refractivity contribution in [1.29, 1.82) is 0 Å². The summed E-state index contributed by atoms with van der Waals surface area (Å²) in [6.07, 6.45) is 1.26. The lowest BCUT2D eigenvalue weighted by Gasteiger charge is -2.18. The molecule has 0 radical (unpaired) electrons. The van der Waals surface area contributed by atoms with Gasteiger partial charge in [0.1, 0.15) is 0 Å². The van der Waals surface area contributed by atoms with E-state index in [2.05, 4.69) is 10.6 Å². The van der Waals surface area contributed by atoms with Crippen LogP contribution in [-0.4, -0.2) is 35.5 Å². The molecule has 0 saturated carbocycles. The molecule has 1 fully saturated rings. The average Bonchev–Trinajstić information content (AvgIpc) is 2.79. The molecule has 0 spiro atoms. The summed E-state index contributed by atoms with van der Waals surface area (Å²) in [5, 5.41) is 5.73. The molecule has 2 atom stereocenters. The van der Waals surface area contributed by atoms with Gasteiger partial charge in [-0.2, -0.15) is 0 Å². The van der Waals surface area contributed by atoms with Crippen LogP contribution < -0.4 is 10.6 Å². The second-order valence-electron chi connectivity index (χ2n) is 5.59. The van der Waals surface area contributed by atoms with Crippen LogP contribution in [0.2, 0.25) is 0 Å². The highest BCUT2D eigenvalue weighted by Gasteiger charge is 2.30. The van der Waals surface area contributed by atoms with Crippen molar-refractivity contribution < 1.29 is 9.59 Å². The van der Waals surface area contributed by atoms with Crippen molar-refractivity contribution in [2.75, 3.05) is 6.54 Å². The predicted molar refractivity (Wildman–Crippen MR) is 81.7 cm³/mol. The van der Waals surface area contributed by atoms with Gasteiger partial charge in [-0.15, -0.1) is 0 Å². The van der Waals surface area contributed by atoms with Crippen LogP contribution in [0.4, 0.5) is 4.79 Å². The Hall–Kier alpha value is -2.04. The van der Waals surface area contributed by atoms with Gasteiger partial charge in [-0.05, 0) is 18.9 Å².